The van der Waals surface area contributed by atoms with Gasteiger partial charge in [-0.15, -0.1) is 0 Å². The lowest BCUT2D eigenvalue weighted by molar-refractivity contribution is 0.347. The molecule has 0 spiro atoms. The van der Waals surface area contributed by atoms with E-state index in [-0.39, 0.29) is 5.56 Å². The van der Waals surface area contributed by atoms with E-state index in [0.717, 1.165) is 28.1 Å². The molecule has 166 valence electrons. The van der Waals surface area contributed by atoms with E-state index in [9.17, 15) is 20.4 Å². The molecule has 6 N–H and O–H groups in total. The van der Waals surface area contributed by atoms with Gasteiger partial charge in [0.1, 0.15) is 0 Å². The van der Waals surface area contributed by atoms with Crippen LogP contribution >= 0.6 is 0 Å². The molecular weight excluding hydrogens is 432 g/mol. The van der Waals surface area contributed by atoms with Gasteiger partial charge in [0.25, 0.3) is 0 Å². The topological polar surface area (TPSA) is 138 Å². The zero-order valence-electron chi connectivity index (χ0n) is 17.6. The van der Waals surface area contributed by atoms with Crippen molar-refractivity contribution in [1.82, 2.24) is 19.9 Å². The van der Waals surface area contributed by atoms with Gasteiger partial charge in [0.2, 0.25) is 11.5 Å². The Morgan fingerprint density at radius 1 is 0.500 bits per heavy atom. The quantitative estimate of drug-likeness (QED) is 0.151. The highest BCUT2D eigenvalue weighted by atomic mass is 16.3. The van der Waals surface area contributed by atoms with Crippen LogP contribution in [0, 0.1) is 0 Å². The number of aromatic hydroxyl groups is 4. The van der Waals surface area contributed by atoms with Crippen LogP contribution in [0.1, 0.15) is 22.8 Å². The van der Waals surface area contributed by atoms with Crippen LogP contribution in [-0.2, 0) is 0 Å². The molecule has 8 heteroatoms. The monoisotopic (exact) mass is 450 g/mol. The van der Waals surface area contributed by atoms with Crippen molar-refractivity contribution in [3.63, 3.8) is 0 Å². The standard InChI is InChI=1S/C26H18N4O4/c31-23-12-21(24(32)26(34)25(23)33)20-10-19-9-17-4-3-15(28-17)7-13-1-2-14(27-13)8-16-5-6-18(29-16)11-22(20)30-19/h1-12,27,30-34H. The predicted molar refractivity (Wildman–Crippen MR) is 131 cm³/mol. The first-order valence-corrected chi connectivity index (χ1v) is 10.5. The maximum atomic E-state index is 10.5. The molecule has 0 radical (unpaired) electrons. The number of nitrogens with one attached hydrogen (secondary N) is 2. The van der Waals surface area contributed by atoms with E-state index in [0.29, 0.717) is 22.3 Å². The molecule has 0 fully saturated rings. The van der Waals surface area contributed by atoms with Gasteiger partial charge in [-0.25, -0.2) is 9.97 Å². The summed E-state index contributed by atoms with van der Waals surface area (Å²) in [6.45, 7) is 0. The summed E-state index contributed by atoms with van der Waals surface area (Å²) in [4.78, 5) is 15.9. The van der Waals surface area contributed by atoms with Crippen LogP contribution in [-0.4, -0.2) is 40.4 Å². The Kier molecular flexibility index (Phi) is 4.21. The molecule has 1 aromatic carbocycles. The van der Waals surface area contributed by atoms with E-state index in [2.05, 4.69) is 19.9 Å². The minimum Gasteiger partial charge on any atom is -0.504 e. The fourth-order valence-corrected chi connectivity index (χ4v) is 4.08. The summed E-state index contributed by atoms with van der Waals surface area (Å²) >= 11 is 0. The SMILES string of the molecule is Oc1cc(-c2cc3cc4nc(cc5ccc(cc6nc(cc2[nH]3)C=C6)[nH]5)C=C4)c(O)c(O)c1O. The number of hydrogen-bond acceptors (Lipinski definition) is 6. The molecular formula is C26H18N4O4. The van der Waals surface area contributed by atoms with E-state index in [1.807, 2.05) is 54.6 Å². The first-order chi connectivity index (χ1) is 16.4. The second-order valence-electron chi connectivity index (χ2n) is 8.08. The Morgan fingerprint density at radius 3 is 1.68 bits per heavy atom. The zero-order chi connectivity index (χ0) is 23.4. The summed E-state index contributed by atoms with van der Waals surface area (Å²) in [5.41, 5.74) is 6.71. The smallest absolute Gasteiger partial charge is 0.204 e. The second-order valence-corrected chi connectivity index (χ2v) is 8.08. The molecule has 6 rings (SSSR count). The summed E-state index contributed by atoms with van der Waals surface area (Å²) in [6, 6.07) is 14.4. The molecule has 8 nitrogen and oxygen atoms in total. The molecule has 8 bridgehead atoms. The van der Waals surface area contributed by atoms with Crippen LogP contribution in [0.3, 0.4) is 0 Å². The van der Waals surface area contributed by atoms with Crippen LogP contribution in [0.2, 0.25) is 0 Å². The minimum absolute atomic E-state index is 0.147. The van der Waals surface area contributed by atoms with Gasteiger partial charge in [-0.2, -0.15) is 0 Å². The summed E-state index contributed by atoms with van der Waals surface area (Å²) in [7, 11) is 0. The number of hydrogen-bond donors (Lipinski definition) is 6. The highest BCUT2D eigenvalue weighted by Crippen LogP contribution is 2.48. The van der Waals surface area contributed by atoms with Gasteiger partial charge in [0.05, 0.1) is 22.8 Å². The van der Waals surface area contributed by atoms with Crippen LogP contribution < -0.4 is 0 Å². The number of H-pyrrole nitrogens is 2. The van der Waals surface area contributed by atoms with Gasteiger partial charge >= 0.3 is 0 Å². The van der Waals surface area contributed by atoms with E-state index < -0.39 is 23.0 Å². The van der Waals surface area contributed by atoms with Crippen molar-refractivity contribution in [1.29, 1.82) is 0 Å². The molecule has 0 atom stereocenters. The van der Waals surface area contributed by atoms with Crippen molar-refractivity contribution >= 4 is 46.4 Å². The number of benzene rings is 1. The summed E-state index contributed by atoms with van der Waals surface area (Å²) in [5, 5.41) is 40.4. The second kappa shape index (κ2) is 7.28. The van der Waals surface area contributed by atoms with Crippen molar-refractivity contribution in [2.24, 2.45) is 0 Å². The van der Waals surface area contributed by atoms with Gasteiger partial charge < -0.3 is 30.4 Å². The third-order valence-corrected chi connectivity index (χ3v) is 5.69. The van der Waals surface area contributed by atoms with Crippen molar-refractivity contribution in [2.45, 2.75) is 0 Å². The van der Waals surface area contributed by atoms with Crippen LogP contribution in [0.4, 0.5) is 0 Å². The van der Waals surface area contributed by atoms with E-state index in [1.54, 1.807) is 12.1 Å². The zero-order valence-corrected chi connectivity index (χ0v) is 17.6. The summed E-state index contributed by atoms with van der Waals surface area (Å²) in [6.07, 6.45) is 7.57. The third-order valence-electron chi connectivity index (χ3n) is 5.69. The predicted octanol–water partition coefficient (Wildman–Crippen LogP) is 5.15. The maximum Gasteiger partial charge on any atom is 0.204 e. The number of aromatic nitrogens is 4. The van der Waals surface area contributed by atoms with Crippen LogP contribution in [0.25, 0.3) is 57.5 Å². The lowest BCUT2D eigenvalue weighted by Crippen LogP contribution is -1.81. The van der Waals surface area contributed by atoms with E-state index in [4.69, 9.17) is 0 Å². The molecule has 2 aliphatic rings. The highest BCUT2D eigenvalue weighted by molar-refractivity contribution is 5.92. The van der Waals surface area contributed by atoms with Crippen molar-refractivity contribution < 1.29 is 20.4 Å². The Bertz CT molecular complexity index is 1710. The molecule has 0 saturated carbocycles. The van der Waals surface area contributed by atoms with E-state index >= 15 is 0 Å². The van der Waals surface area contributed by atoms with Gasteiger partial charge in [0.15, 0.2) is 11.5 Å². The average Bonchev–Trinajstić information content (AvgIpc) is 3.60. The van der Waals surface area contributed by atoms with Gasteiger partial charge in [-0.3, -0.25) is 0 Å². The number of nitrogens with zero attached hydrogens (tertiary/aromatic N) is 2. The average molecular weight is 450 g/mol. The number of aromatic amines is 2. The first-order valence-electron chi connectivity index (χ1n) is 10.5. The van der Waals surface area contributed by atoms with E-state index in [1.165, 1.54) is 6.07 Å². The summed E-state index contributed by atoms with van der Waals surface area (Å²) in [5.74, 6) is -2.67. The third kappa shape index (κ3) is 3.34. The largest absolute Gasteiger partial charge is 0.504 e. The number of phenolic OH excluding ortho intramolecular Hbond substituents is 4. The van der Waals surface area contributed by atoms with Crippen molar-refractivity contribution in [3.8, 4) is 34.1 Å². The van der Waals surface area contributed by atoms with Crippen LogP contribution in [0.15, 0.2) is 48.5 Å². The number of fused-ring (bicyclic) bond motifs is 8. The molecule has 2 aliphatic heterocycles. The molecule has 5 heterocycles. The summed E-state index contributed by atoms with van der Waals surface area (Å²) < 4.78 is 0. The normalized spacial score (nSPS) is 12.4. The van der Waals surface area contributed by atoms with Gasteiger partial charge in [-0.1, -0.05) is 0 Å². The van der Waals surface area contributed by atoms with Gasteiger partial charge in [-0.05, 0) is 72.8 Å². The molecule has 0 aliphatic carbocycles. The molecule has 3 aromatic heterocycles. The molecule has 0 amide bonds. The molecule has 4 aromatic rings. The molecule has 0 unspecified atom stereocenters. The van der Waals surface area contributed by atoms with Crippen LogP contribution in [0.5, 0.6) is 23.0 Å². The fourth-order valence-electron chi connectivity index (χ4n) is 4.08. The van der Waals surface area contributed by atoms with Crippen molar-refractivity contribution in [2.75, 3.05) is 0 Å². The Labute approximate surface area is 192 Å². The lowest BCUT2D eigenvalue weighted by atomic mass is 10.0. The minimum atomic E-state index is -0.794. The lowest BCUT2D eigenvalue weighted by Gasteiger charge is -2.08. The van der Waals surface area contributed by atoms with Gasteiger partial charge in [0, 0.05) is 33.2 Å². The Hall–Kier alpha value is -4.98. The number of rotatable bonds is 1. The Balaban J connectivity index is 1.69. The number of phenols is 4. The molecule has 34 heavy (non-hydrogen) atoms. The highest BCUT2D eigenvalue weighted by Gasteiger charge is 2.19. The Morgan fingerprint density at radius 2 is 1.06 bits per heavy atom. The first kappa shape index (κ1) is 19.7. The maximum absolute atomic E-state index is 10.5. The fraction of sp³-hybridized carbons (Fsp3) is 0. The van der Waals surface area contributed by atoms with Crippen molar-refractivity contribution in [3.05, 3.63) is 71.3 Å². The molecule has 0 saturated heterocycles.